The molecule has 0 aromatic heterocycles. The number of nitrogens with one attached hydrogen (secondary N) is 1. The van der Waals surface area contributed by atoms with Crippen molar-refractivity contribution in [3.8, 4) is 0 Å². The minimum atomic E-state index is -0.543. The Morgan fingerprint density at radius 2 is 2.06 bits per heavy atom. The second-order valence-electron chi connectivity index (χ2n) is 3.43. The van der Waals surface area contributed by atoms with Gasteiger partial charge in [0.15, 0.2) is 0 Å². The maximum atomic E-state index is 13.2. The summed E-state index contributed by atoms with van der Waals surface area (Å²) >= 11 is 11.5. The molecule has 0 saturated heterocycles. The number of rotatable bonds is 3. The lowest BCUT2D eigenvalue weighted by molar-refractivity contribution is -0.121. The molecule has 0 spiro atoms. The normalized spacial score (nSPS) is 12.3. The van der Waals surface area contributed by atoms with Gasteiger partial charge in [-0.05, 0) is 24.6 Å². The molecular weight excluding hydrogens is 252 g/mol. The molecule has 1 atom stereocenters. The van der Waals surface area contributed by atoms with Gasteiger partial charge in [-0.15, -0.1) is 0 Å². The zero-order valence-electron chi connectivity index (χ0n) is 8.98. The first kappa shape index (κ1) is 13.3. The predicted octanol–water partition coefficient (Wildman–Crippen LogP) is 3.72. The molecule has 1 N–H and O–H groups in total. The number of hydrogen-bond acceptors (Lipinski definition) is 1. The van der Waals surface area contributed by atoms with E-state index in [1.54, 1.807) is 13.8 Å². The third kappa shape index (κ3) is 3.09. The van der Waals surface area contributed by atoms with E-state index in [1.165, 1.54) is 12.1 Å². The van der Waals surface area contributed by atoms with Gasteiger partial charge in [-0.2, -0.15) is 0 Å². The maximum Gasteiger partial charge on any atom is 0.220 e. The zero-order valence-corrected chi connectivity index (χ0v) is 10.5. The summed E-state index contributed by atoms with van der Waals surface area (Å²) in [5, 5.41) is 3.02. The molecule has 2 nitrogen and oxygen atoms in total. The molecule has 0 heterocycles. The van der Waals surface area contributed by atoms with Gasteiger partial charge in [0.05, 0.1) is 11.1 Å². The van der Waals surface area contributed by atoms with Crippen molar-refractivity contribution in [2.24, 2.45) is 0 Å². The Hall–Kier alpha value is -0.800. The van der Waals surface area contributed by atoms with E-state index in [0.717, 1.165) is 0 Å². The summed E-state index contributed by atoms with van der Waals surface area (Å²) in [5.74, 6) is -0.655. The van der Waals surface area contributed by atoms with E-state index in [0.29, 0.717) is 17.0 Å². The van der Waals surface area contributed by atoms with Gasteiger partial charge in [0, 0.05) is 11.4 Å². The van der Waals surface area contributed by atoms with Crippen LogP contribution in [0.3, 0.4) is 0 Å². The smallest absolute Gasteiger partial charge is 0.220 e. The molecule has 1 aromatic rings. The number of carbonyl (C=O) groups is 1. The molecule has 0 aliphatic heterocycles. The van der Waals surface area contributed by atoms with E-state index >= 15 is 0 Å². The van der Waals surface area contributed by atoms with Crippen LogP contribution >= 0.6 is 23.2 Å². The van der Waals surface area contributed by atoms with Crippen molar-refractivity contribution in [1.29, 1.82) is 0 Å². The Bertz CT molecular complexity index is 409. The third-order valence-electron chi connectivity index (χ3n) is 2.20. The highest BCUT2D eigenvalue weighted by Crippen LogP contribution is 2.28. The third-order valence-corrected chi connectivity index (χ3v) is 2.82. The molecule has 0 saturated carbocycles. The molecule has 1 amide bonds. The van der Waals surface area contributed by atoms with E-state index in [2.05, 4.69) is 5.32 Å². The van der Waals surface area contributed by atoms with Crippen LogP contribution in [0.1, 0.15) is 31.9 Å². The first-order valence-corrected chi connectivity index (χ1v) is 5.65. The van der Waals surface area contributed by atoms with Gasteiger partial charge in [-0.1, -0.05) is 30.1 Å². The van der Waals surface area contributed by atoms with E-state index in [1.807, 2.05) is 0 Å². The van der Waals surface area contributed by atoms with Crippen LogP contribution in [0.5, 0.6) is 0 Å². The van der Waals surface area contributed by atoms with Gasteiger partial charge in [0.25, 0.3) is 0 Å². The molecule has 0 fully saturated rings. The Morgan fingerprint density at radius 3 is 2.62 bits per heavy atom. The highest BCUT2D eigenvalue weighted by molar-refractivity contribution is 6.35. The lowest BCUT2D eigenvalue weighted by Gasteiger charge is -2.15. The SMILES string of the molecule is CCC(=O)NC(C)c1cc(F)c(Cl)cc1Cl. The molecule has 1 rings (SSSR count). The van der Waals surface area contributed by atoms with Crippen LogP contribution in [0.15, 0.2) is 12.1 Å². The number of carbonyl (C=O) groups excluding carboxylic acids is 1. The van der Waals surface area contributed by atoms with Crippen LogP contribution in [0.4, 0.5) is 4.39 Å². The molecule has 0 bridgehead atoms. The van der Waals surface area contributed by atoms with Crippen LogP contribution in [0.2, 0.25) is 10.0 Å². The van der Waals surface area contributed by atoms with Crippen molar-refractivity contribution in [3.63, 3.8) is 0 Å². The molecule has 0 aliphatic rings. The minimum Gasteiger partial charge on any atom is -0.350 e. The van der Waals surface area contributed by atoms with Gasteiger partial charge in [0.2, 0.25) is 5.91 Å². The van der Waals surface area contributed by atoms with E-state index in [9.17, 15) is 9.18 Å². The fourth-order valence-electron chi connectivity index (χ4n) is 1.29. The maximum absolute atomic E-state index is 13.2. The summed E-state index contributed by atoms with van der Waals surface area (Å²) in [6.07, 6.45) is 0.373. The first-order chi connectivity index (χ1) is 7.45. The van der Waals surface area contributed by atoms with Crippen LogP contribution in [0.25, 0.3) is 0 Å². The quantitative estimate of drug-likeness (QED) is 0.828. The number of halogens is 3. The van der Waals surface area contributed by atoms with E-state index < -0.39 is 5.82 Å². The lowest BCUT2D eigenvalue weighted by Crippen LogP contribution is -2.25. The van der Waals surface area contributed by atoms with E-state index in [4.69, 9.17) is 23.2 Å². The van der Waals surface area contributed by atoms with Gasteiger partial charge in [0.1, 0.15) is 5.82 Å². The van der Waals surface area contributed by atoms with Crippen molar-refractivity contribution >= 4 is 29.1 Å². The molecule has 5 heteroatoms. The van der Waals surface area contributed by atoms with Crippen molar-refractivity contribution in [1.82, 2.24) is 5.32 Å². The van der Waals surface area contributed by atoms with Gasteiger partial charge < -0.3 is 5.32 Å². The summed E-state index contributed by atoms with van der Waals surface area (Å²) in [4.78, 5) is 11.2. The summed E-state index contributed by atoms with van der Waals surface area (Å²) in [5.41, 5.74) is 0.519. The topological polar surface area (TPSA) is 29.1 Å². The molecule has 0 aliphatic carbocycles. The first-order valence-electron chi connectivity index (χ1n) is 4.89. The van der Waals surface area contributed by atoms with Crippen LogP contribution in [-0.4, -0.2) is 5.91 Å². The summed E-state index contributed by atoms with van der Waals surface area (Å²) < 4.78 is 13.2. The second-order valence-corrected chi connectivity index (χ2v) is 4.24. The van der Waals surface area contributed by atoms with Gasteiger partial charge in [-0.25, -0.2) is 4.39 Å². The predicted molar refractivity (Wildman–Crippen MR) is 63.3 cm³/mol. The van der Waals surface area contributed by atoms with Crippen LogP contribution in [0, 0.1) is 5.82 Å². The number of hydrogen-bond donors (Lipinski definition) is 1. The highest BCUT2D eigenvalue weighted by atomic mass is 35.5. The summed E-state index contributed by atoms with van der Waals surface area (Å²) in [6.45, 7) is 3.48. The molecule has 16 heavy (non-hydrogen) atoms. The average Bonchev–Trinajstić information content (AvgIpc) is 2.23. The Morgan fingerprint density at radius 1 is 1.44 bits per heavy atom. The monoisotopic (exact) mass is 263 g/mol. The Balaban J connectivity index is 2.95. The lowest BCUT2D eigenvalue weighted by atomic mass is 10.1. The number of amides is 1. The fraction of sp³-hybridized carbons (Fsp3) is 0.364. The molecule has 0 radical (unpaired) electrons. The summed E-state index contributed by atoms with van der Waals surface area (Å²) in [7, 11) is 0. The Kier molecular flexibility index (Phi) is 4.56. The molecule has 88 valence electrons. The number of benzene rings is 1. The molecular formula is C11H12Cl2FNO. The molecule has 1 aromatic carbocycles. The minimum absolute atomic E-state index is 0.0252. The largest absolute Gasteiger partial charge is 0.350 e. The van der Waals surface area contributed by atoms with Crippen LogP contribution in [-0.2, 0) is 4.79 Å². The summed E-state index contributed by atoms with van der Waals surface area (Å²) in [6, 6.07) is 2.24. The Labute approximate surface area is 104 Å². The zero-order chi connectivity index (χ0) is 12.3. The average molecular weight is 264 g/mol. The van der Waals surface area contributed by atoms with Crippen molar-refractivity contribution < 1.29 is 9.18 Å². The van der Waals surface area contributed by atoms with Gasteiger partial charge in [-0.3, -0.25) is 4.79 Å². The van der Waals surface area contributed by atoms with Crippen molar-refractivity contribution in [2.45, 2.75) is 26.3 Å². The van der Waals surface area contributed by atoms with Crippen molar-refractivity contribution in [3.05, 3.63) is 33.6 Å². The molecule has 1 unspecified atom stereocenters. The van der Waals surface area contributed by atoms with Crippen molar-refractivity contribution in [2.75, 3.05) is 0 Å². The van der Waals surface area contributed by atoms with E-state index in [-0.39, 0.29) is 17.0 Å². The standard InChI is InChI=1S/C11H12Cl2FNO/c1-3-11(16)15-6(2)7-4-10(14)9(13)5-8(7)12/h4-6H,3H2,1-2H3,(H,15,16). The van der Waals surface area contributed by atoms with Crippen LogP contribution < -0.4 is 5.32 Å². The second kappa shape index (κ2) is 5.51. The fourth-order valence-corrected chi connectivity index (χ4v) is 1.84. The van der Waals surface area contributed by atoms with Gasteiger partial charge >= 0.3 is 0 Å². The highest BCUT2D eigenvalue weighted by Gasteiger charge is 2.14.